The summed E-state index contributed by atoms with van der Waals surface area (Å²) < 4.78 is 27.9. The van der Waals surface area contributed by atoms with Crippen LogP contribution in [0.15, 0.2) is 23.1 Å². The molecule has 122 valence electrons. The molecule has 2 rings (SSSR count). The van der Waals surface area contributed by atoms with E-state index in [0.29, 0.717) is 19.1 Å². The van der Waals surface area contributed by atoms with Crippen LogP contribution in [0.25, 0.3) is 0 Å². The number of primary sulfonamides is 1. The normalized spacial score (nSPS) is 18.9. The molecular formula is C13H19N3O5S. The number of rotatable bonds is 6. The maximum absolute atomic E-state index is 11.3. The van der Waals surface area contributed by atoms with Crippen molar-refractivity contribution in [1.29, 1.82) is 0 Å². The lowest BCUT2D eigenvalue weighted by molar-refractivity contribution is -0.384. The van der Waals surface area contributed by atoms with Gasteiger partial charge in [0.2, 0.25) is 10.0 Å². The largest absolute Gasteiger partial charge is 0.381 e. The van der Waals surface area contributed by atoms with Crippen molar-refractivity contribution in [1.82, 2.24) is 0 Å². The van der Waals surface area contributed by atoms with Gasteiger partial charge >= 0.3 is 0 Å². The van der Waals surface area contributed by atoms with Crippen molar-refractivity contribution in [2.24, 2.45) is 11.1 Å². The van der Waals surface area contributed by atoms with Crippen molar-refractivity contribution in [3.05, 3.63) is 28.3 Å². The summed E-state index contributed by atoms with van der Waals surface area (Å²) in [7, 11) is -3.96. The summed E-state index contributed by atoms with van der Waals surface area (Å²) in [5.74, 6) is 0.448. The summed E-state index contributed by atoms with van der Waals surface area (Å²) >= 11 is 0. The predicted molar refractivity (Wildman–Crippen MR) is 81.1 cm³/mol. The fourth-order valence-corrected chi connectivity index (χ4v) is 2.97. The van der Waals surface area contributed by atoms with E-state index < -0.39 is 14.9 Å². The van der Waals surface area contributed by atoms with Crippen LogP contribution in [-0.2, 0) is 14.8 Å². The number of hydrogen-bond acceptors (Lipinski definition) is 6. The van der Waals surface area contributed by atoms with Crippen LogP contribution in [-0.4, -0.2) is 33.1 Å². The fraction of sp³-hybridized carbons (Fsp3) is 0.538. The minimum atomic E-state index is -3.96. The molecule has 22 heavy (non-hydrogen) atoms. The molecule has 1 aromatic rings. The molecule has 1 saturated heterocycles. The summed E-state index contributed by atoms with van der Waals surface area (Å²) in [6, 6.07) is 3.60. The fourth-order valence-electron chi connectivity index (χ4n) is 2.44. The predicted octanol–water partition coefficient (Wildman–Crippen LogP) is 1.47. The lowest BCUT2D eigenvalue weighted by Crippen LogP contribution is -2.20. The van der Waals surface area contributed by atoms with E-state index in [1.807, 2.05) is 0 Å². The van der Waals surface area contributed by atoms with Crippen LogP contribution in [0.2, 0.25) is 0 Å². The summed E-state index contributed by atoms with van der Waals surface area (Å²) in [6.45, 7) is 2.07. The SMILES string of the molecule is NS(=O)(=O)c1ccc(NCCC2CCCOC2)c([N+](=O)[O-])c1. The van der Waals surface area contributed by atoms with E-state index in [2.05, 4.69) is 5.32 Å². The van der Waals surface area contributed by atoms with Gasteiger partial charge in [-0.05, 0) is 37.3 Å². The second-order valence-electron chi connectivity index (χ2n) is 5.28. The topological polar surface area (TPSA) is 125 Å². The molecule has 1 fully saturated rings. The minimum absolute atomic E-state index is 0.273. The highest BCUT2D eigenvalue weighted by Crippen LogP contribution is 2.27. The van der Waals surface area contributed by atoms with Crippen LogP contribution in [0.3, 0.4) is 0 Å². The van der Waals surface area contributed by atoms with E-state index >= 15 is 0 Å². The van der Waals surface area contributed by atoms with Gasteiger partial charge in [0.05, 0.1) is 9.82 Å². The molecule has 9 heteroatoms. The van der Waals surface area contributed by atoms with Crippen LogP contribution >= 0.6 is 0 Å². The molecule has 0 radical (unpaired) electrons. The minimum Gasteiger partial charge on any atom is -0.381 e. The summed E-state index contributed by atoms with van der Waals surface area (Å²) in [4.78, 5) is 10.2. The molecule has 8 nitrogen and oxygen atoms in total. The van der Waals surface area contributed by atoms with E-state index in [1.165, 1.54) is 12.1 Å². The lowest BCUT2D eigenvalue weighted by atomic mass is 9.99. The Hall–Kier alpha value is -1.71. The number of nitrogens with two attached hydrogens (primary N) is 1. The smallest absolute Gasteiger partial charge is 0.293 e. The molecule has 3 N–H and O–H groups in total. The zero-order valence-corrected chi connectivity index (χ0v) is 12.8. The molecule has 1 unspecified atom stereocenters. The average Bonchev–Trinajstić information content (AvgIpc) is 2.47. The van der Waals surface area contributed by atoms with E-state index in [0.717, 1.165) is 31.9 Å². The van der Waals surface area contributed by atoms with Gasteiger partial charge in [-0.3, -0.25) is 10.1 Å². The molecule has 0 spiro atoms. The third-order valence-electron chi connectivity index (χ3n) is 3.62. The number of nitrogens with one attached hydrogen (secondary N) is 1. The quantitative estimate of drug-likeness (QED) is 0.601. The maximum atomic E-state index is 11.3. The van der Waals surface area contributed by atoms with Crippen LogP contribution in [0.1, 0.15) is 19.3 Å². The van der Waals surface area contributed by atoms with Crippen LogP contribution < -0.4 is 10.5 Å². The maximum Gasteiger partial charge on any atom is 0.293 e. The van der Waals surface area contributed by atoms with Gasteiger partial charge in [-0.25, -0.2) is 13.6 Å². The summed E-state index contributed by atoms with van der Waals surface area (Å²) in [6.07, 6.45) is 2.97. The first-order chi connectivity index (χ1) is 10.4. The second-order valence-corrected chi connectivity index (χ2v) is 6.84. The zero-order valence-electron chi connectivity index (χ0n) is 12.0. The van der Waals surface area contributed by atoms with Gasteiger partial charge in [-0.15, -0.1) is 0 Å². The number of nitro groups is 1. The van der Waals surface area contributed by atoms with Crippen LogP contribution in [0, 0.1) is 16.0 Å². The Balaban J connectivity index is 2.05. The van der Waals surface area contributed by atoms with Crippen molar-refractivity contribution in [2.75, 3.05) is 25.1 Å². The van der Waals surface area contributed by atoms with Gasteiger partial charge in [0.25, 0.3) is 5.69 Å². The third-order valence-corrected chi connectivity index (χ3v) is 4.53. The van der Waals surface area contributed by atoms with E-state index in [-0.39, 0.29) is 16.3 Å². The highest BCUT2D eigenvalue weighted by atomic mass is 32.2. The van der Waals surface area contributed by atoms with Gasteiger partial charge in [0.15, 0.2) is 0 Å². The Morgan fingerprint density at radius 2 is 2.23 bits per heavy atom. The molecule has 1 aliphatic rings. The summed E-state index contributed by atoms with van der Waals surface area (Å²) in [5, 5.41) is 19.1. The molecule has 1 aliphatic heterocycles. The molecule has 0 amide bonds. The highest BCUT2D eigenvalue weighted by Gasteiger charge is 2.19. The van der Waals surface area contributed by atoms with Gasteiger partial charge < -0.3 is 10.1 Å². The second kappa shape index (κ2) is 7.03. The number of nitrogens with zero attached hydrogens (tertiary/aromatic N) is 1. The first kappa shape index (κ1) is 16.7. The zero-order chi connectivity index (χ0) is 16.2. The number of anilines is 1. The van der Waals surface area contributed by atoms with E-state index in [1.54, 1.807) is 0 Å². The molecule has 1 atom stereocenters. The number of nitro benzene ring substituents is 1. The van der Waals surface area contributed by atoms with Crippen LogP contribution in [0.4, 0.5) is 11.4 Å². The molecule has 0 bridgehead atoms. The van der Waals surface area contributed by atoms with Crippen molar-refractivity contribution in [3.8, 4) is 0 Å². The van der Waals surface area contributed by atoms with Crippen LogP contribution in [0.5, 0.6) is 0 Å². The van der Waals surface area contributed by atoms with Gasteiger partial charge in [0.1, 0.15) is 5.69 Å². The van der Waals surface area contributed by atoms with Gasteiger partial charge in [0, 0.05) is 25.8 Å². The Morgan fingerprint density at radius 3 is 2.82 bits per heavy atom. The number of sulfonamides is 1. The molecule has 0 aliphatic carbocycles. The molecular weight excluding hydrogens is 310 g/mol. The Morgan fingerprint density at radius 1 is 1.45 bits per heavy atom. The van der Waals surface area contributed by atoms with Crippen molar-refractivity contribution in [3.63, 3.8) is 0 Å². The number of benzene rings is 1. The van der Waals surface area contributed by atoms with E-state index in [4.69, 9.17) is 9.88 Å². The van der Waals surface area contributed by atoms with Crippen molar-refractivity contribution < 1.29 is 18.1 Å². The van der Waals surface area contributed by atoms with E-state index in [9.17, 15) is 18.5 Å². The van der Waals surface area contributed by atoms with Crippen molar-refractivity contribution >= 4 is 21.4 Å². The van der Waals surface area contributed by atoms with Gasteiger partial charge in [-0.1, -0.05) is 0 Å². The molecule has 1 heterocycles. The lowest BCUT2D eigenvalue weighted by Gasteiger charge is -2.22. The first-order valence-electron chi connectivity index (χ1n) is 7.01. The Bertz CT molecular complexity index is 641. The third kappa shape index (κ3) is 4.39. The number of hydrogen-bond donors (Lipinski definition) is 2. The Labute approximate surface area is 128 Å². The standard InChI is InChI=1S/C13H19N3O5S/c14-22(19,20)11-3-4-12(13(8-11)16(17)18)15-6-5-10-2-1-7-21-9-10/h3-4,8,10,15H,1-2,5-7,9H2,(H2,14,19,20). The van der Waals surface area contributed by atoms with Gasteiger partial charge in [-0.2, -0.15) is 0 Å². The molecule has 1 aromatic carbocycles. The Kier molecular flexibility index (Phi) is 5.33. The molecule has 0 aromatic heterocycles. The highest BCUT2D eigenvalue weighted by molar-refractivity contribution is 7.89. The monoisotopic (exact) mass is 329 g/mol. The summed E-state index contributed by atoms with van der Waals surface area (Å²) in [5.41, 5.74) is -0.0134. The first-order valence-corrected chi connectivity index (χ1v) is 8.55. The number of ether oxygens (including phenoxy) is 1. The average molecular weight is 329 g/mol. The molecule has 0 saturated carbocycles. The van der Waals surface area contributed by atoms with Crippen molar-refractivity contribution in [2.45, 2.75) is 24.2 Å².